The first-order valence-corrected chi connectivity index (χ1v) is 15.2. The van der Waals surface area contributed by atoms with E-state index in [2.05, 4.69) is 146 Å². The van der Waals surface area contributed by atoms with E-state index in [1.807, 2.05) is 24.7 Å². The summed E-state index contributed by atoms with van der Waals surface area (Å²) in [5.41, 5.74) is 9.21. The first kappa shape index (κ1) is 24.3. The Morgan fingerprint density at radius 3 is 1.93 bits per heavy atom. The predicted octanol–water partition coefficient (Wildman–Crippen LogP) is 9.77. The van der Waals surface area contributed by atoms with Gasteiger partial charge in [-0.2, -0.15) is 0 Å². The SMILES string of the molecule is c1ccc(-n2c3ccncc3c3cc(-n4c5ccccc5c5c4ccc4c6ccccc6n(-c6ccccn6)c45)ccc32)cc1. The molecule has 5 nitrogen and oxygen atoms in total. The lowest BCUT2D eigenvalue weighted by Crippen LogP contribution is -1.97. The van der Waals surface area contributed by atoms with Crippen molar-refractivity contribution >= 4 is 65.4 Å². The molecule has 10 aromatic rings. The van der Waals surface area contributed by atoms with E-state index in [1.165, 1.54) is 38.0 Å². The number of rotatable bonds is 3. The number of aromatic nitrogens is 5. The molecule has 0 aliphatic rings. The molecule has 5 aromatic carbocycles. The van der Waals surface area contributed by atoms with Gasteiger partial charge in [-0.15, -0.1) is 0 Å². The lowest BCUT2D eigenvalue weighted by molar-refractivity contribution is 1.08. The summed E-state index contributed by atoms with van der Waals surface area (Å²) >= 11 is 0. The zero-order valence-electron chi connectivity index (χ0n) is 24.2. The van der Waals surface area contributed by atoms with Crippen LogP contribution in [0.5, 0.6) is 0 Å². The molecule has 0 fully saturated rings. The summed E-state index contributed by atoms with van der Waals surface area (Å²) in [5.74, 6) is 0.913. The maximum Gasteiger partial charge on any atom is 0.137 e. The molecule has 0 radical (unpaired) electrons. The Morgan fingerprint density at radius 2 is 1.09 bits per heavy atom. The van der Waals surface area contributed by atoms with Gasteiger partial charge in [0.15, 0.2) is 0 Å². The zero-order chi connectivity index (χ0) is 29.5. The normalized spacial score (nSPS) is 12.0. The van der Waals surface area contributed by atoms with Crippen LogP contribution in [0, 0.1) is 0 Å². The highest BCUT2D eigenvalue weighted by atomic mass is 15.1. The van der Waals surface area contributed by atoms with Gasteiger partial charge >= 0.3 is 0 Å². The van der Waals surface area contributed by atoms with Crippen LogP contribution < -0.4 is 0 Å². The van der Waals surface area contributed by atoms with Crippen LogP contribution in [0.25, 0.3) is 82.6 Å². The molecule has 0 amide bonds. The third kappa shape index (κ3) is 3.32. The topological polar surface area (TPSA) is 40.6 Å². The molecular weight excluding hydrogens is 550 g/mol. The van der Waals surface area contributed by atoms with Gasteiger partial charge in [-0.05, 0) is 66.7 Å². The number of fused-ring (bicyclic) bond motifs is 10. The molecule has 0 bridgehead atoms. The van der Waals surface area contributed by atoms with Gasteiger partial charge in [-0.1, -0.05) is 66.7 Å². The van der Waals surface area contributed by atoms with Crippen molar-refractivity contribution in [1.29, 1.82) is 0 Å². The molecule has 0 atom stereocenters. The minimum atomic E-state index is 0.913. The Bertz CT molecular complexity index is 2750. The summed E-state index contributed by atoms with van der Waals surface area (Å²) in [6.07, 6.45) is 5.73. The van der Waals surface area contributed by atoms with Gasteiger partial charge in [-0.3, -0.25) is 9.55 Å². The van der Waals surface area contributed by atoms with Crippen molar-refractivity contribution in [3.05, 3.63) is 152 Å². The first-order chi connectivity index (χ1) is 22.4. The second-order valence-electron chi connectivity index (χ2n) is 11.5. The van der Waals surface area contributed by atoms with E-state index in [9.17, 15) is 0 Å². The highest BCUT2D eigenvalue weighted by Gasteiger charge is 2.21. The minimum absolute atomic E-state index is 0.913. The Hall–Kier alpha value is -6.20. The number of para-hydroxylation sites is 3. The molecule has 0 N–H and O–H groups in total. The Balaban J connectivity index is 1.34. The number of hydrogen-bond donors (Lipinski definition) is 0. The number of hydrogen-bond acceptors (Lipinski definition) is 2. The van der Waals surface area contributed by atoms with Crippen LogP contribution in [-0.2, 0) is 0 Å². The van der Waals surface area contributed by atoms with Gasteiger partial charge in [0.05, 0.1) is 33.1 Å². The second-order valence-corrected chi connectivity index (χ2v) is 11.5. The lowest BCUT2D eigenvalue weighted by Gasteiger charge is -2.11. The second kappa shape index (κ2) is 9.15. The average molecular weight is 576 g/mol. The number of nitrogens with zero attached hydrogens (tertiary/aromatic N) is 5. The molecule has 5 heterocycles. The van der Waals surface area contributed by atoms with E-state index in [-0.39, 0.29) is 0 Å². The quantitative estimate of drug-likeness (QED) is 0.210. The predicted molar refractivity (Wildman–Crippen MR) is 185 cm³/mol. The molecule has 5 heteroatoms. The monoisotopic (exact) mass is 575 g/mol. The summed E-state index contributed by atoms with van der Waals surface area (Å²) in [6, 6.07) is 47.6. The van der Waals surface area contributed by atoms with Crippen molar-refractivity contribution < 1.29 is 0 Å². The van der Waals surface area contributed by atoms with Gasteiger partial charge in [0.2, 0.25) is 0 Å². The van der Waals surface area contributed by atoms with Crippen LogP contribution >= 0.6 is 0 Å². The fraction of sp³-hybridized carbons (Fsp3) is 0. The average Bonchev–Trinajstić information content (AvgIpc) is 3.74. The molecule has 5 aromatic heterocycles. The molecule has 210 valence electrons. The van der Waals surface area contributed by atoms with E-state index in [0.29, 0.717) is 0 Å². The van der Waals surface area contributed by atoms with Crippen LogP contribution in [0.3, 0.4) is 0 Å². The van der Waals surface area contributed by atoms with Crippen LogP contribution in [-0.4, -0.2) is 23.7 Å². The van der Waals surface area contributed by atoms with E-state index in [4.69, 9.17) is 4.98 Å². The van der Waals surface area contributed by atoms with Crippen molar-refractivity contribution in [1.82, 2.24) is 23.7 Å². The largest absolute Gasteiger partial charge is 0.309 e. The van der Waals surface area contributed by atoms with Gasteiger partial charge < -0.3 is 9.13 Å². The molecule has 0 saturated heterocycles. The van der Waals surface area contributed by atoms with Gasteiger partial charge in [0.1, 0.15) is 5.82 Å². The summed E-state index contributed by atoms with van der Waals surface area (Å²) in [4.78, 5) is 9.34. The summed E-state index contributed by atoms with van der Waals surface area (Å²) < 4.78 is 7.06. The standard InChI is InChI=1S/C40H25N5/c1-2-10-26(11-3-1)43-35-19-17-27(24-31(35)32-25-41-23-21-36(32)43)44-34-15-7-5-13-30(34)39-37(44)20-18-29-28-12-4-6-14-33(28)45(40(29)39)38-16-8-9-22-42-38/h1-25H. The number of pyridine rings is 2. The summed E-state index contributed by atoms with van der Waals surface area (Å²) in [7, 11) is 0. The van der Waals surface area contributed by atoms with E-state index in [1.54, 1.807) is 0 Å². The van der Waals surface area contributed by atoms with E-state index >= 15 is 0 Å². The Labute approximate surface area is 257 Å². The highest BCUT2D eigenvalue weighted by Crippen LogP contribution is 2.42. The third-order valence-corrected chi connectivity index (χ3v) is 9.17. The minimum Gasteiger partial charge on any atom is -0.309 e. The van der Waals surface area contributed by atoms with Crippen molar-refractivity contribution in [3.8, 4) is 17.2 Å². The van der Waals surface area contributed by atoms with Gasteiger partial charge in [0.25, 0.3) is 0 Å². The maximum absolute atomic E-state index is 4.81. The molecule has 0 saturated carbocycles. The van der Waals surface area contributed by atoms with Gasteiger partial charge in [-0.25, -0.2) is 4.98 Å². The zero-order valence-corrected chi connectivity index (χ0v) is 24.2. The van der Waals surface area contributed by atoms with Crippen molar-refractivity contribution in [2.24, 2.45) is 0 Å². The first-order valence-electron chi connectivity index (χ1n) is 15.2. The van der Waals surface area contributed by atoms with Crippen molar-refractivity contribution in [2.75, 3.05) is 0 Å². The fourth-order valence-electron chi connectivity index (χ4n) is 7.36. The molecular formula is C40H25N5. The van der Waals surface area contributed by atoms with Crippen molar-refractivity contribution in [3.63, 3.8) is 0 Å². The van der Waals surface area contributed by atoms with Crippen LogP contribution in [0.4, 0.5) is 0 Å². The van der Waals surface area contributed by atoms with Crippen molar-refractivity contribution in [2.45, 2.75) is 0 Å². The summed E-state index contributed by atoms with van der Waals surface area (Å²) in [5, 5.41) is 7.19. The molecule has 0 unspecified atom stereocenters. The van der Waals surface area contributed by atoms with E-state index in [0.717, 1.165) is 44.6 Å². The lowest BCUT2D eigenvalue weighted by atomic mass is 10.1. The maximum atomic E-state index is 4.81. The number of benzene rings is 5. The Morgan fingerprint density at radius 1 is 0.400 bits per heavy atom. The molecule has 0 aliphatic heterocycles. The molecule has 45 heavy (non-hydrogen) atoms. The smallest absolute Gasteiger partial charge is 0.137 e. The molecule has 10 rings (SSSR count). The van der Waals surface area contributed by atoms with E-state index < -0.39 is 0 Å². The fourth-order valence-corrected chi connectivity index (χ4v) is 7.36. The third-order valence-electron chi connectivity index (χ3n) is 9.17. The molecule has 0 spiro atoms. The highest BCUT2D eigenvalue weighted by molar-refractivity contribution is 6.26. The Kier molecular flexibility index (Phi) is 4.93. The van der Waals surface area contributed by atoms with Crippen LogP contribution in [0.15, 0.2) is 152 Å². The molecule has 0 aliphatic carbocycles. The summed E-state index contributed by atoms with van der Waals surface area (Å²) in [6.45, 7) is 0. The van der Waals surface area contributed by atoms with Crippen LogP contribution in [0.1, 0.15) is 0 Å². The van der Waals surface area contributed by atoms with Crippen LogP contribution in [0.2, 0.25) is 0 Å². The van der Waals surface area contributed by atoms with Gasteiger partial charge in [0, 0.05) is 62.3 Å².